The van der Waals surface area contributed by atoms with Crippen molar-refractivity contribution in [1.82, 2.24) is 34.7 Å². The largest absolute Gasteiger partial charge is 0.366 e. The Hall–Kier alpha value is 0.0300. The summed E-state index contributed by atoms with van der Waals surface area (Å²) >= 11 is 2.03. The molecule has 1 N–H and O–H groups in total. The van der Waals surface area contributed by atoms with Crippen LogP contribution in [0.3, 0.4) is 0 Å². The summed E-state index contributed by atoms with van der Waals surface area (Å²) < 4.78 is 5.33. The first-order valence-electron chi connectivity index (χ1n) is 24.0. The van der Waals surface area contributed by atoms with Gasteiger partial charge in [0, 0.05) is 84.3 Å². The van der Waals surface area contributed by atoms with E-state index in [1.54, 1.807) is 0 Å². The molecule has 58 heavy (non-hydrogen) atoms. The predicted molar refractivity (Wildman–Crippen MR) is 261 cm³/mol. The van der Waals surface area contributed by atoms with Crippen molar-refractivity contribution < 1.29 is 4.74 Å². The van der Waals surface area contributed by atoms with Crippen molar-refractivity contribution in [1.29, 1.82) is 0 Å². The third-order valence-electron chi connectivity index (χ3n) is 12.3. The molecule has 6 rings (SSSR count). The molecule has 6 fully saturated rings. The summed E-state index contributed by atoms with van der Waals surface area (Å²) in [6, 6.07) is 0. The molecule has 6 saturated heterocycles. The van der Waals surface area contributed by atoms with E-state index < -0.39 is 0 Å². The maximum Gasteiger partial charge on any atom is 0.0994 e. The van der Waals surface area contributed by atoms with Crippen LogP contribution in [0.1, 0.15) is 189 Å². The van der Waals surface area contributed by atoms with E-state index in [1.807, 2.05) is 11.8 Å². The predicted octanol–water partition coefficient (Wildman–Crippen LogP) is 10.7. The maximum absolute atomic E-state index is 5.33. The zero-order chi connectivity index (χ0) is 44.3. The van der Waals surface area contributed by atoms with Gasteiger partial charge in [-0.3, -0.25) is 29.4 Å². The number of ether oxygens (including phenoxy) is 1. The molecule has 0 aliphatic carbocycles. The summed E-state index contributed by atoms with van der Waals surface area (Å²) in [6.07, 6.45) is 13.9. The van der Waals surface area contributed by atoms with Crippen molar-refractivity contribution in [3.63, 3.8) is 0 Å². The lowest BCUT2D eigenvalue weighted by Crippen LogP contribution is -2.46. The summed E-state index contributed by atoms with van der Waals surface area (Å²) in [5.74, 6) is 2.54. The number of nitrogens with zero attached hydrogens (tertiary/aromatic N) is 6. The molecule has 0 spiro atoms. The van der Waals surface area contributed by atoms with Gasteiger partial charge in [-0.2, -0.15) is 0 Å². The first kappa shape index (κ1) is 56.0. The summed E-state index contributed by atoms with van der Waals surface area (Å²) in [4.78, 5) is 15.0. The van der Waals surface area contributed by atoms with Gasteiger partial charge in [0.1, 0.15) is 0 Å². The van der Waals surface area contributed by atoms with Crippen LogP contribution in [0.15, 0.2) is 0 Å². The highest BCUT2D eigenvalue weighted by Gasteiger charge is 2.27. The lowest BCUT2D eigenvalue weighted by atomic mass is 10.0. The van der Waals surface area contributed by atoms with Crippen LogP contribution in [-0.4, -0.2) is 160 Å². The number of thioether (sulfide) groups is 1. The van der Waals surface area contributed by atoms with E-state index in [1.165, 1.54) is 135 Å². The smallest absolute Gasteiger partial charge is 0.0994 e. The minimum Gasteiger partial charge on any atom is -0.366 e. The molecule has 0 unspecified atom stereocenters. The Morgan fingerprint density at radius 2 is 0.707 bits per heavy atom. The van der Waals surface area contributed by atoms with E-state index in [4.69, 9.17) is 4.74 Å². The van der Waals surface area contributed by atoms with Gasteiger partial charge in [-0.25, -0.2) is 0 Å². The lowest BCUT2D eigenvalue weighted by molar-refractivity contribution is -0.0560. The Morgan fingerprint density at radius 1 is 0.362 bits per heavy atom. The molecule has 0 bridgehead atoms. The number of likely N-dealkylation sites (tertiary alicyclic amines) is 3. The van der Waals surface area contributed by atoms with E-state index in [2.05, 4.69) is 159 Å². The van der Waals surface area contributed by atoms with Gasteiger partial charge in [-0.15, -0.1) is 11.8 Å². The van der Waals surface area contributed by atoms with Crippen molar-refractivity contribution >= 4 is 11.8 Å². The van der Waals surface area contributed by atoms with Gasteiger partial charge in [0.05, 0.1) is 6.73 Å². The van der Waals surface area contributed by atoms with Crippen LogP contribution in [0.5, 0.6) is 0 Å². The normalized spacial score (nSPS) is 23.1. The third kappa shape index (κ3) is 25.2. The molecule has 348 valence electrons. The van der Waals surface area contributed by atoms with Gasteiger partial charge in [0.15, 0.2) is 0 Å². The highest BCUT2D eigenvalue weighted by atomic mass is 32.2. The van der Waals surface area contributed by atoms with E-state index in [0.29, 0.717) is 27.7 Å². The molecule has 0 aromatic rings. The molecule has 6 aliphatic heterocycles. The van der Waals surface area contributed by atoms with E-state index in [0.717, 1.165) is 26.6 Å². The quantitative estimate of drug-likeness (QED) is 0.257. The summed E-state index contributed by atoms with van der Waals surface area (Å²) in [6.45, 7) is 56.4. The van der Waals surface area contributed by atoms with Crippen molar-refractivity contribution in [2.45, 2.75) is 222 Å². The van der Waals surface area contributed by atoms with E-state index in [9.17, 15) is 0 Å². The zero-order valence-electron chi connectivity index (χ0n) is 42.7. The van der Waals surface area contributed by atoms with E-state index >= 15 is 0 Å². The van der Waals surface area contributed by atoms with Crippen molar-refractivity contribution in [3.05, 3.63) is 0 Å². The van der Waals surface area contributed by atoms with Crippen LogP contribution in [0.25, 0.3) is 0 Å². The molecule has 6 aliphatic rings. The SMILES string of the molecule is CC(C)(C)N1CCCC1.CC(C)(C)N1CCCCC1.CC(C)(C)N1CCCCCC1.CC(C)(C)N1CCCOC1.CC(C)(C)N1CCNC1.CC(C)(C)N1CCSC1. The average Bonchev–Trinajstić information content (AvgIpc) is 3.92. The number of nitrogens with one attached hydrogen (secondary N) is 1. The maximum atomic E-state index is 5.33. The molecule has 0 radical (unpaired) electrons. The van der Waals surface area contributed by atoms with Crippen LogP contribution in [-0.2, 0) is 4.74 Å². The second-order valence-corrected chi connectivity index (χ2v) is 24.6. The lowest BCUT2D eigenvalue weighted by Gasteiger charge is -2.38. The zero-order valence-corrected chi connectivity index (χ0v) is 43.5. The van der Waals surface area contributed by atoms with Gasteiger partial charge in [-0.05, 0) is 209 Å². The highest BCUT2D eigenvalue weighted by molar-refractivity contribution is 7.99. The van der Waals surface area contributed by atoms with Crippen LogP contribution in [0.2, 0.25) is 0 Å². The summed E-state index contributed by atoms with van der Waals surface area (Å²) in [7, 11) is 0. The van der Waals surface area contributed by atoms with Gasteiger partial charge in [0.25, 0.3) is 0 Å². The Bertz CT molecular complexity index is 903. The fraction of sp³-hybridized carbons (Fsp3) is 1.00. The molecular formula is C49H105N7OS. The fourth-order valence-electron chi connectivity index (χ4n) is 7.84. The molecular weight excluding hydrogens is 735 g/mol. The number of hydrogen-bond acceptors (Lipinski definition) is 9. The second-order valence-electron chi connectivity index (χ2n) is 23.5. The molecule has 9 heteroatoms. The monoisotopic (exact) mass is 840 g/mol. The van der Waals surface area contributed by atoms with Crippen LogP contribution >= 0.6 is 11.8 Å². The van der Waals surface area contributed by atoms with Crippen LogP contribution < -0.4 is 5.32 Å². The molecule has 0 saturated carbocycles. The number of hydrogen-bond donors (Lipinski definition) is 1. The average molecular weight is 840 g/mol. The van der Waals surface area contributed by atoms with E-state index in [-0.39, 0.29) is 5.54 Å². The first-order chi connectivity index (χ1) is 26.6. The second kappa shape index (κ2) is 26.6. The van der Waals surface area contributed by atoms with Crippen molar-refractivity contribution in [3.8, 4) is 0 Å². The minimum absolute atomic E-state index is 0.278. The molecule has 0 aromatic carbocycles. The summed E-state index contributed by atoms with van der Waals surface area (Å²) in [5, 5.41) is 3.30. The standard InChI is InChI=1S/C10H21N.C9H19N.C8H17NO.C8H17N.C7H16N2.C7H15NS/c1-10(2,3)11-8-6-4-5-7-9-11;1-9(2,3)10-7-5-4-6-8-10;1-8(2,3)9-5-4-6-10-7-9;1-8(2,3)9-6-4-5-7-9;1-7(2,3)9-5-4-8-6-9;1-7(2,3)8-4-5-9-6-8/h4-9H2,1-3H3;4-8H2,1-3H3;4-7H2,1-3H3;4-7H2,1-3H3;8H,4-6H2,1-3H3;4-6H2,1-3H3. The first-order valence-corrected chi connectivity index (χ1v) is 25.2. The van der Waals surface area contributed by atoms with Crippen LogP contribution in [0, 0.1) is 0 Å². The molecule has 0 aromatic heterocycles. The van der Waals surface area contributed by atoms with Gasteiger partial charge in [0.2, 0.25) is 0 Å². The Labute approximate surface area is 369 Å². The van der Waals surface area contributed by atoms with Gasteiger partial charge < -0.3 is 10.1 Å². The highest BCUT2D eigenvalue weighted by Crippen LogP contribution is 2.23. The van der Waals surface area contributed by atoms with Gasteiger partial charge in [-0.1, -0.05) is 19.3 Å². The topological polar surface area (TPSA) is 40.7 Å². The van der Waals surface area contributed by atoms with Crippen molar-refractivity contribution in [2.75, 3.05) is 97.1 Å². The summed E-state index contributed by atoms with van der Waals surface area (Å²) in [5.41, 5.74) is 2.23. The molecule has 0 amide bonds. The molecule has 8 nitrogen and oxygen atoms in total. The number of rotatable bonds is 0. The Balaban J connectivity index is 0.000000349. The third-order valence-corrected chi connectivity index (χ3v) is 13.3. The van der Waals surface area contributed by atoms with Crippen molar-refractivity contribution in [2.24, 2.45) is 0 Å². The minimum atomic E-state index is 0.278. The molecule has 0 atom stereocenters. The fourth-order valence-corrected chi connectivity index (χ4v) is 9.06. The molecule has 6 heterocycles. The Kier molecular flexibility index (Phi) is 25.7. The van der Waals surface area contributed by atoms with Gasteiger partial charge >= 0.3 is 0 Å². The van der Waals surface area contributed by atoms with Crippen LogP contribution in [0.4, 0.5) is 0 Å². The Morgan fingerprint density at radius 3 is 0.931 bits per heavy atom. The number of piperidine rings is 1.